The molecule has 0 atom stereocenters. The van der Waals surface area contributed by atoms with Crippen LogP contribution < -0.4 is 10.6 Å². The average Bonchev–Trinajstić information content (AvgIpc) is 2.50. The van der Waals surface area contributed by atoms with Crippen molar-refractivity contribution in [3.05, 3.63) is 29.8 Å². The lowest BCUT2D eigenvalue weighted by atomic mass is 9.96. The van der Waals surface area contributed by atoms with Gasteiger partial charge in [0.1, 0.15) is 0 Å². The fourth-order valence-electron chi connectivity index (χ4n) is 2.71. The van der Waals surface area contributed by atoms with E-state index < -0.39 is 0 Å². The molecule has 22 heavy (non-hydrogen) atoms. The fourth-order valence-corrected chi connectivity index (χ4v) is 2.71. The van der Waals surface area contributed by atoms with Crippen molar-refractivity contribution < 1.29 is 9.59 Å². The Bertz CT molecular complexity index is 505. The maximum Gasteiger partial charge on any atom is 0.238 e. The summed E-state index contributed by atoms with van der Waals surface area (Å²) >= 11 is 0. The number of benzene rings is 1. The molecule has 5 heteroatoms. The maximum absolute atomic E-state index is 12.1. The van der Waals surface area contributed by atoms with Gasteiger partial charge in [-0.15, -0.1) is 0 Å². The molecule has 1 aromatic carbocycles. The molecule has 0 saturated carbocycles. The van der Waals surface area contributed by atoms with Crippen LogP contribution in [0.25, 0.3) is 0 Å². The highest BCUT2D eigenvalue weighted by Crippen LogP contribution is 2.17. The first-order valence-corrected chi connectivity index (χ1v) is 7.95. The van der Waals surface area contributed by atoms with Gasteiger partial charge >= 0.3 is 0 Å². The van der Waals surface area contributed by atoms with Crippen molar-refractivity contribution in [3.8, 4) is 0 Å². The fraction of sp³-hybridized carbons (Fsp3) is 0.529. The van der Waals surface area contributed by atoms with Crippen molar-refractivity contribution in [2.45, 2.75) is 26.7 Å². The van der Waals surface area contributed by atoms with Crippen LogP contribution in [0.1, 0.15) is 25.3 Å². The van der Waals surface area contributed by atoms with Crippen molar-refractivity contribution in [3.63, 3.8) is 0 Å². The normalized spacial score (nSPS) is 16.3. The Morgan fingerprint density at radius 2 is 1.82 bits per heavy atom. The van der Waals surface area contributed by atoms with Gasteiger partial charge in [-0.3, -0.25) is 14.5 Å². The minimum Gasteiger partial charge on any atom is -0.356 e. The SMILES string of the molecule is CCNC(=O)C1CCN(CC(=O)Nc2ccc(C)cc2)CC1. The van der Waals surface area contributed by atoms with E-state index in [0.29, 0.717) is 13.1 Å². The summed E-state index contributed by atoms with van der Waals surface area (Å²) in [6, 6.07) is 7.78. The minimum atomic E-state index is 0.000290. The number of anilines is 1. The van der Waals surface area contributed by atoms with Gasteiger partial charge < -0.3 is 10.6 Å². The summed E-state index contributed by atoms with van der Waals surface area (Å²) < 4.78 is 0. The van der Waals surface area contributed by atoms with Crippen molar-refractivity contribution in [1.82, 2.24) is 10.2 Å². The van der Waals surface area contributed by atoms with E-state index in [4.69, 9.17) is 0 Å². The minimum absolute atomic E-state index is 0.000290. The summed E-state index contributed by atoms with van der Waals surface area (Å²) in [6.07, 6.45) is 1.65. The Hall–Kier alpha value is -1.88. The first-order valence-electron chi connectivity index (χ1n) is 7.95. The number of hydrogen-bond acceptors (Lipinski definition) is 3. The molecule has 0 unspecified atom stereocenters. The predicted molar refractivity (Wildman–Crippen MR) is 87.7 cm³/mol. The zero-order valence-electron chi connectivity index (χ0n) is 13.4. The lowest BCUT2D eigenvalue weighted by Crippen LogP contribution is -2.43. The maximum atomic E-state index is 12.1. The third kappa shape index (κ3) is 4.84. The molecule has 0 aliphatic carbocycles. The van der Waals surface area contributed by atoms with Gasteiger partial charge in [0, 0.05) is 18.2 Å². The summed E-state index contributed by atoms with van der Waals surface area (Å²) in [6.45, 7) is 6.60. The molecule has 0 bridgehead atoms. The lowest BCUT2D eigenvalue weighted by Gasteiger charge is -2.30. The van der Waals surface area contributed by atoms with Gasteiger partial charge in [-0.25, -0.2) is 0 Å². The van der Waals surface area contributed by atoms with Gasteiger partial charge in [0.05, 0.1) is 6.54 Å². The van der Waals surface area contributed by atoms with Crippen LogP contribution in [0.2, 0.25) is 0 Å². The highest BCUT2D eigenvalue weighted by molar-refractivity contribution is 5.92. The smallest absolute Gasteiger partial charge is 0.238 e. The second-order valence-corrected chi connectivity index (χ2v) is 5.86. The van der Waals surface area contributed by atoms with Crippen LogP contribution in [-0.4, -0.2) is 42.9 Å². The molecule has 1 aliphatic rings. The van der Waals surface area contributed by atoms with Gasteiger partial charge in [0.15, 0.2) is 0 Å². The van der Waals surface area contributed by atoms with Gasteiger partial charge in [0.25, 0.3) is 0 Å². The van der Waals surface area contributed by atoms with Gasteiger partial charge in [-0.05, 0) is 51.9 Å². The van der Waals surface area contributed by atoms with E-state index in [2.05, 4.69) is 15.5 Å². The van der Waals surface area contributed by atoms with Crippen LogP contribution in [0.3, 0.4) is 0 Å². The van der Waals surface area contributed by atoms with Crippen molar-refractivity contribution >= 4 is 17.5 Å². The van der Waals surface area contributed by atoms with Crippen LogP contribution in [0.5, 0.6) is 0 Å². The quantitative estimate of drug-likeness (QED) is 0.871. The molecule has 5 nitrogen and oxygen atoms in total. The zero-order chi connectivity index (χ0) is 15.9. The van der Waals surface area contributed by atoms with Crippen molar-refractivity contribution in [2.75, 3.05) is 31.5 Å². The molecule has 120 valence electrons. The number of carbonyl (C=O) groups excluding carboxylic acids is 2. The van der Waals surface area contributed by atoms with E-state index in [0.717, 1.165) is 31.6 Å². The molecule has 2 amide bonds. The predicted octanol–water partition coefficient (Wildman–Crippen LogP) is 1.78. The van der Waals surface area contributed by atoms with E-state index in [1.54, 1.807) is 0 Å². The Balaban J connectivity index is 1.74. The zero-order valence-corrected chi connectivity index (χ0v) is 13.4. The molecule has 0 spiro atoms. The second kappa shape index (κ2) is 7.94. The van der Waals surface area contributed by atoms with Crippen LogP contribution in [0.4, 0.5) is 5.69 Å². The summed E-state index contributed by atoms with van der Waals surface area (Å²) in [4.78, 5) is 25.9. The average molecular weight is 303 g/mol. The van der Waals surface area contributed by atoms with Crippen LogP contribution >= 0.6 is 0 Å². The van der Waals surface area contributed by atoms with Crippen LogP contribution in [0.15, 0.2) is 24.3 Å². The molecule has 2 N–H and O–H groups in total. The first-order chi connectivity index (χ1) is 10.6. The van der Waals surface area contributed by atoms with E-state index in [9.17, 15) is 9.59 Å². The first kappa shape index (κ1) is 16.5. The topological polar surface area (TPSA) is 61.4 Å². The summed E-state index contributed by atoms with van der Waals surface area (Å²) in [5, 5.41) is 5.78. The highest BCUT2D eigenvalue weighted by atomic mass is 16.2. The Morgan fingerprint density at radius 3 is 2.41 bits per heavy atom. The third-order valence-electron chi connectivity index (χ3n) is 4.01. The Morgan fingerprint density at radius 1 is 1.18 bits per heavy atom. The third-order valence-corrected chi connectivity index (χ3v) is 4.01. The van der Waals surface area contributed by atoms with Gasteiger partial charge in [0.2, 0.25) is 11.8 Å². The van der Waals surface area contributed by atoms with Crippen molar-refractivity contribution in [1.29, 1.82) is 0 Å². The number of carbonyl (C=O) groups is 2. The number of amides is 2. The van der Waals surface area contributed by atoms with E-state index in [1.807, 2.05) is 38.1 Å². The molecular formula is C17H25N3O2. The molecule has 1 heterocycles. The van der Waals surface area contributed by atoms with Gasteiger partial charge in [-0.2, -0.15) is 0 Å². The van der Waals surface area contributed by atoms with Crippen LogP contribution in [0, 0.1) is 12.8 Å². The number of piperidine rings is 1. The summed E-state index contributed by atoms with van der Waals surface area (Å²) in [7, 11) is 0. The van der Waals surface area contributed by atoms with Crippen molar-refractivity contribution in [2.24, 2.45) is 5.92 Å². The van der Waals surface area contributed by atoms with E-state index in [-0.39, 0.29) is 17.7 Å². The molecule has 0 radical (unpaired) electrons. The number of hydrogen-bond donors (Lipinski definition) is 2. The second-order valence-electron chi connectivity index (χ2n) is 5.86. The number of nitrogens with one attached hydrogen (secondary N) is 2. The Kier molecular flexibility index (Phi) is 5.95. The molecule has 1 aliphatic heterocycles. The standard InChI is InChI=1S/C17H25N3O2/c1-3-18-17(22)14-8-10-20(11-9-14)12-16(21)19-15-6-4-13(2)5-7-15/h4-7,14H,3,8-12H2,1-2H3,(H,18,22)(H,19,21). The number of aryl methyl sites for hydroxylation is 1. The van der Waals surface area contributed by atoms with E-state index >= 15 is 0 Å². The molecule has 1 saturated heterocycles. The largest absolute Gasteiger partial charge is 0.356 e. The Labute approximate surface area is 132 Å². The van der Waals surface area contributed by atoms with Crippen LogP contribution in [-0.2, 0) is 9.59 Å². The summed E-state index contributed by atoms with van der Waals surface area (Å²) in [5.74, 6) is 0.239. The number of likely N-dealkylation sites (tertiary alicyclic amines) is 1. The molecule has 1 fully saturated rings. The molecular weight excluding hydrogens is 278 g/mol. The van der Waals surface area contributed by atoms with E-state index in [1.165, 1.54) is 5.56 Å². The number of nitrogens with zero attached hydrogens (tertiary/aromatic N) is 1. The summed E-state index contributed by atoms with van der Waals surface area (Å²) in [5.41, 5.74) is 2.00. The molecule has 0 aromatic heterocycles. The lowest BCUT2D eigenvalue weighted by molar-refractivity contribution is -0.126. The highest BCUT2D eigenvalue weighted by Gasteiger charge is 2.25. The number of rotatable bonds is 5. The monoisotopic (exact) mass is 303 g/mol. The van der Waals surface area contributed by atoms with Gasteiger partial charge in [-0.1, -0.05) is 17.7 Å². The molecule has 2 rings (SSSR count). The molecule has 1 aromatic rings.